The Morgan fingerprint density at radius 2 is 1.87 bits per heavy atom. The lowest BCUT2D eigenvalue weighted by Crippen LogP contribution is -2.33. The number of amides is 1. The second kappa shape index (κ2) is 8.93. The molecule has 1 amide bonds. The summed E-state index contributed by atoms with van der Waals surface area (Å²) in [5, 5.41) is 0.368. The summed E-state index contributed by atoms with van der Waals surface area (Å²) in [5.41, 5.74) is 0.561. The number of halogens is 2. The summed E-state index contributed by atoms with van der Waals surface area (Å²) in [6.45, 7) is 7.23. The molecular weight excluding hydrogens is 463 g/mol. The van der Waals surface area contributed by atoms with Gasteiger partial charge in [0.25, 0.3) is 5.91 Å². The molecule has 0 aliphatic carbocycles. The minimum atomic E-state index is -0.806. The lowest BCUT2D eigenvalue weighted by Gasteiger charge is -2.26. The largest absolute Gasteiger partial charge is 0.450 e. The van der Waals surface area contributed by atoms with Crippen molar-refractivity contribution in [2.24, 2.45) is 0 Å². The maximum Gasteiger partial charge on any atom is 0.290 e. The fourth-order valence-corrected chi connectivity index (χ4v) is 4.61. The van der Waals surface area contributed by atoms with Crippen LogP contribution in [0.1, 0.15) is 48.0 Å². The van der Waals surface area contributed by atoms with E-state index in [0.29, 0.717) is 29.5 Å². The van der Waals surface area contributed by atoms with Crippen molar-refractivity contribution in [3.63, 3.8) is 0 Å². The molecule has 0 saturated carbocycles. The number of carbonyl (C=O) groups is 1. The van der Waals surface area contributed by atoms with Crippen LogP contribution < -0.4 is 5.43 Å². The Hall–Kier alpha value is -2.51. The first kappa shape index (κ1) is 21.7. The standard InChI is InChI=1S/C24H24BrFN2O3/c1-3-27(4-2)12-7-13-28-21(16-8-5-6-9-18(16)26)20-22(29)17-14-15(25)10-11-19(17)31-23(20)24(28)30/h5-6,8-11,14,21H,3-4,7,12-13H2,1-2H3/t21-/m0/s1. The Bertz CT molecular complexity index is 1190. The molecule has 7 heteroatoms. The van der Waals surface area contributed by atoms with Gasteiger partial charge in [-0.3, -0.25) is 9.59 Å². The predicted molar refractivity (Wildman–Crippen MR) is 122 cm³/mol. The first-order valence-electron chi connectivity index (χ1n) is 10.5. The Labute approximate surface area is 188 Å². The van der Waals surface area contributed by atoms with E-state index in [0.717, 1.165) is 24.1 Å². The Balaban J connectivity index is 1.82. The fourth-order valence-electron chi connectivity index (χ4n) is 4.25. The normalized spacial score (nSPS) is 15.8. The van der Waals surface area contributed by atoms with E-state index in [1.165, 1.54) is 6.07 Å². The number of fused-ring (bicyclic) bond motifs is 2. The molecule has 5 nitrogen and oxygen atoms in total. The molecule has 31 heavy (non-hydrogen) atoms. The van der Waals surface area contributed by atoms with Gasteiger partial charge in [0, 0.05) is 16.6 Å². The topological polar surface area (TPSA) is 53.8 Å². The molecule has 1 atom stereocenters. The van der Waals surface area contributed by atoms with Crippen molar-refractivity contribution in [3.8, 4) is 0 Å². The maximum atomic E-state index is 14.8. The van der Waals surface area contributed by atoms with Gasteiger partial charge in [-0.25, -0.2) is 4.39 Å². The van der Waals surface area contributed by atoms with Crippen molar-refractivity contribution in [1.29, 1.82) is 0 Å². The van der Waals surface area contributed by atoms with Crippen LogP contribution in [0.15, 0.2) is 56.1 Å². The minimum Gasteiger partial charge on any atom is -0.450 e. The number of carbonyl (C=O) groups excluding carboxylic acids is 1. The first-order valence-corrected chi connectivity index (χ1v) is 11.3. The molecule has 0 N–H and O–H groups in total. The van der Waals surface area contributed by atoms with E-state index in [2.05, 4.69) is 34.7 Å². The van der Waals surface area contributed by atoms with Crippen molar-refractivity contribution in [3.05, 3.63) is 79.9 Å². The molecule has 0 fully saturated rings. The van der Waals surface area contributed by atoms with Crippen LogP contribution in [0.5, 0.6) is 0 Å². The third kappa shape index (κ3) is 3.92. The molecule has 0 unspecified atom stereocenters. The highest BCUT2D eigenvalue weighted by Crippen LogP contribution is 2.39. The van der Waals surface area contributed by atoms with Gasteiger partial charge in [-0.2, -0.15) is 0 Å². The number of hydrogen-bond acceptors (Lipinski definition) is 4. The molecule has 1 aliphatic rings. The SMILES string of the molecule is CCN(CC)CCCN1C(=O)c2oc3ccc(Br)cc3c(=O)c2[C@@H]1c1ccccc1F. The summed E-state index contributed by atoms with van der Waals surface area (Å²) in [6.07, 6.45) is 0.714. The Morgan fingerprint density at radius 1 is 1.13 bits per heavy atom. The monoisotopic (exact) mass is 486 g/mol. The highest BCUT2D eigenvalue weighted by Gasteiger charge is 2.43. The molecule has 1 aliphatic heterocycles. The van der Waals surface area contributed by atoms with Crippen LogP contribution >= 0.6 is 15.9 Å². The lowest BCUT2D eigenvalue weighted by molar-refractivity contribution is 0.0718. The highest BCUT2D eigenvalue weighted by molar-refractivity contribution is 9.10. The number of nitrogens with zero attached hydrogens (tertiary/aromatic N) is 2. The van der Waals surface area contributed by atoms with Crippen LogP contribution in [0.3, 0.4) is 0 Å². The molecule has 0 saturated heterocycles. The van der Waals surface area contributed by atoms with Gasteiger partial charge in [0.15, 0.2) is 5.43 Å². The molecule has 0 radical (unpaired) electrons. The summed E-state index contributed by atoms with van der Waals surface area (Å²) in [6, 6.07) is 10.6. The molecule has 3 aromatic rings. The Kier molecular flexibility index (Phi) is 6.25. The first-order chi connectivity index (χ1) is 15.0. The van der Waals surface area contributed by atoms with Crippen LogP contribution in [0.25, 0.3) is 11.0 Å². The predicted octanol–water partition coefficient (Wildman–Crippen LogP) is 4.97. The van der Waals surface area contributed by atoms with Crippen molar-refractivity contribution < 1.29 is 13.6 Å². The van der Waals surface area contributed by atoms with Gasteiger partial charge in [0.2, 0.25) is 5.76 Å². The second-order valence-corrected chi connectivity index (χ2v) is 8.53. The smallest absolute Gasteiger partial charge is 0.290 e. The summed E-state index contributed by atoms with van der Waals surface area (Å²) in [7, 11) is 0. The zero-order valence-electron chi connectivity index (χ0n) is 17.5. The van der Waals surface area contributed by atoms with Crippen LogP contribution in [0.2, 0.25) is 0 Å². The second-order valence-electron chi connectivity index (χ2n) is 7.62. The molecule has 2 heterocycles. The minimum absolute atomic E-state index is 0.0101. The number of benzene rings is 2. The summed E-state index contributed by atoms with van der Waals surface area (Å²) < 4.78 is 21.4. The van der Waals surface area contributed by atoms with Crippen LogP contribution in [-0.4, -0.2) is 41.9 Å². The maximum absolute atomic E-state index is 14.8. The summed E-state index contributed by atoms with van der Waals surface area (Å²) in [4.78, 5) is 30.6. The van der Waals surface area contributed by atoms with Crippen molar-refractivity contribution in [2.75, 3.05) is 26.2 Å². The van der Waals surface area contributed by atoms with Gasteiger partial charge in [-0.05, 0) is 50.3 Å². The van der Waals surface area contributed by atoms with E-state index in [1.807, 2.05) is 0 Å². The van der Waals surface area contributed by atoms with Crippen LogP contribution in [0, 0.1) is 5.82 Å². The zero-order valence-corrected chi connectivity index (χ0v) is 19.1. The molecular formula is C24H24BrFN2O3. The number of rotatable bonds is 7. The molecule has 0 bridgehead atoms. The molecule has 162 valence electrons. The van der Waals surface area contributed by atoms with Crippen molar-refractivity contribution in [2.45, 2.75) is 26.3 Å². The van der Waals surface area contributed by atoms with E-state index in [4.69, 9.17) is 4.42 Å². The van der Waals surface area contributed by atoms with Gasteiger partial charge >= 0.3 is 0 Å². The molecule has 1 aromatic heterocycles. The van der Waals surface area contributed by atoms with Gasteiger partial charge < -0.3 is 14.2 Å². The number of hydrogen-bond donors (Lipinski definition) is 0. The quantitative estimate of drug-likeness (QED) is 0.472. The van der Waals surface area contributed by atoms with E-state index >= 15 is 0 Å². The van der Waals surface area contributed by atoms with Crippen molar-refractivity contribution >= 4 is 32.8 Å². The van der Waals surface area contributed by atoms with Gasteiger partial charge in [-0.1, -0.05) is 48.0 Å². The van der Waals surface area contributed by atoms with Crippen molar-refractivity contribution in [1.82, 2.24) is 9.80 Å². The Morgan fingerprint density at radius 3 is 2.58 bits per heavy atom. The van der Waals surface area contributed by atoms with E-state index < -0.39 is 11.9 Å². The molecule has 2 aromatic carbocycles. The highest BCUT2D eigenvalue weighted by atomic mass is 79.9. The summed E-state index contributed by atoms with van der Waals surface area (Å²) >= 11 is 3.38. The molecule has 4 rings (SSSR count). The molecule has 0 spiro atoms. The van der Waals surface area contributed by atoms with E-state index in [9.17, 15) is 14.0 Å². The van der Waals surface area contributed by atoms with Gasteiger partial charge in [0.05, 0.1) is 17.0 Å². The average Bonchev–Trinajstić information content (AvgIpc) is 3.04. The fraction of sp³-hybridized carbons (Fsp3) is 0.333. The van der Waals surface area contributed by atoms with Gasteiger partial charge in [-0.15, -0.1) is 0 Å². The summed E-state index contributed by atoms with van der Waals surface area (Å²) in [5.74, 6) is -0.809. The average molecular weight is 487 g/mol. The zero-order chi connectivity index (χ0) is 22.1. The van der Waals surface area contributed by atoms with Gasteiger partial charge in [0.1, 0.15) is 11.4 Å². The van der Waals surface area contributed by atoms with Crippen LogP contribution in [0.4, 0.5) is 4.39 Å². The van der Waals surface area contributed by atoms with Crippen LogP contribution in [-0.2, 0) is 0 Å². The third-order valence-electron chi connectivity index (χ3n) is 5.90. The van der Waals surface area contributed by atoms with E-state index in [1.54, 1.807) is 41.3 Å². The van der Waals surface area contributed by atoms with E-state index in [-0.39, 0.29) is 22.7 Å². The third-order valence-corrected chi connectivity index (χ3v) is 6.39. The lowest BCUT2D eigenvalue weighted by atomic mass is 9.98.